The van der Waals surface area contributed by atoms with Gasteiger partial charge < -0.3 is 14.2 Å². The molecule has 37 heavy (non-hydrogen) atoms. The number of pyridine rings is 1. The Morgan fingerprint density at radius 3 is 2.35 bits per heavy atom. The van der Waals surface area contributed by atoms with Gasteiger partial charge in [0, 0.05) is 51.2 Å². The molecule has 2 atom stereocenters. The van der Waals surface area contributed by atoms with Gasteiger partial charge in [-0.15, -0.1) is 10.2 Å². The maximum absolute atomic E-state index is 13.6. The molecule has 0 unspecified atom stereocenters. The van der Waals surface area contributed by atoms with Gasteiger partial charge in [-0.05, 0) is 31.9 Å². The fourth-order valence-corrected chi connectivity index (χ4v) is 4.88. The molecule has 3 aromatic rings. The lowest BCUT2D eigenvalue weighted by Gasteiger charge is -2.25. The van der Waals surface area contributed by atoms with Crippen LogP contribution >= 0.6 is 11.6 Å². The normalized spacial score (nSPS) is 13.6. The number of rotatable bonds is 14. The first-order valence-corrected chi connectivity index (χ1v) is 13.6. The molecule has 0 bridgehead atoms. The molecule has 0 aliphatic carbocycles. The van der Waals surface area contributed by atoms with Crippen molar-refractivity contribution in [1.82, 2.24) is 29.7 Å². The number of nitrogens with zero attached hydrogens (tertiary/aromatic N) is 6. The highest BCUT2D eigenvalue weighted by atomic mass is 35.5. The minimum atomic E-state index is -4.07. The Morgan fingerprint density at radius 1 is 1.08 bits per heavy atom. The maximum Gasteiger partial charge on any atom is 0.240 e. The van der Waals surface area contributed by atoms with Crippen molar-refractivity contribution >= 4 is 27.6 Å². The second-order valence-corrected chi connectivity index (χ2v) is 10.9. The fraction of sp³-hybridized carbons (Fsp3) is 0.522. The van der Waals surface area contributed by atoms with Crippen LogP contribution in [0.4, 0.5) is 5.95 Å². The molecule has 14 heteroatoms. The number of anilines is 1. The minimum Gasteiger partial charge on any atom is -0.382 e. The van der Waals surface area contributed by atoms with E-state index >= 15 is 0 Å². The summed E-state index contributed by atoms with van der Waals surface area (Å²) in [5.41, 5.74) is 1.58. The Hall–Kier alpha value is -2.71. The summed E-state index contributed by atoms with van der Waals surface area (Å²) in [4.78, 5) is 12.6. The molecule has 0 aromatic carbocycles. The standard InChI is InChI=1S/C23H32ClN7O5S/c1-6-7-36-20(21-26-11-18(24)12-27-21)16(3)37(32,33)30-23-29-28-22(17-8-15(2)9-25-10-17)31(23)19(13-34-4)14-35-5/h8-12,16,19-20H,6-7,13-14H2,1-5H3,(H,29,30)/t16-,20+/m0/s1. The van der Waals surface area contributed by atoms with Crippen LogP contribution in [0.3, 0.4) is 0 Å². The number of ether oxygens (including phenoxy) is 3. The van der Waals surface area contributed by atoms with E-state index in [0.29, 0.717) is 29.4 Å². The van der Waals surface area contributed by atoms with E-state index in [0.717, 1.165) is 5.56 Å². The lowest BCUT2D eigenvalue weighted by molar-refractivity contribution is 0.0466. The van der Waals surface area contributed by atoms with Crippen molar-refractivity contribution in [3.05, 3.63) is 47.3 Å². The van der Waals surface area contributed by atoms with Crippen LogP contribution in [0.15, 0.2) is 30.9 Å². The molecular formula is C23H32ClN7O5S. The molecule has 0 radical (unpaired) electrons. The molecule has 0 spiro atoms. The average molecular weight is 554 g/mol. The molecular weight excluding hydrogens is 522 g/mol. The van der Waals surface area contributed by atoms with Gasteiger partial charge in [-0.25, -0.2) is 18.4 Å². The van der Waals surface area contributed by atoms with Crippen molar-refractivity contribution in [3.8, 4) is 11.4 Å². The Labute approximate surface area is 221 Å². The summed E-state index contributed by atoms with van der Waals surface area (Å²) >= 11 is 5.92. The number of sulfonamides is 1. The van der Waals surface area contributed by atoms with Gasteiger partial charge in [-0.1, -0.05) is 18.5 Å². The monoisotopic (exact) mass is 553 g/mol. The predicted octanol–water partition coefficient (Wildman–Crippen LogP) is 3.22. The van der Waals surface area contributed by atoms with Crippen LogP contribution in [0.5, 0.6) is 0 Å². The molecule has 0 aliphatic rings. The molecule has 0 amide bonds. The van der Waals surface area contributed by atoms with E-state index in [-0.39, 0.29) is 25.0 Å². The largest absolute Gasteiger partial charge is 0.382 e. The van der Waals surface area contributed by atoms with Crippen LogP contribution in [0.1, 0.15) is 43.8 Å². The highest BCUT2D eigenvalue weighted by Gasteiger charge is 2.35. The number of nitrogens with one attached hydrogen (secondary N) is 1. The summed E-state index contributed by atoms with van der Waals surface area (Å²) in [6.45, 7) is 6.12. The first-order valence-electron chi connectivity index (χ1n) is 11.7. The molecule has 3 aromatic heterocycles. The summed E-state index contributed by atoms with van der Waals surface area (Å²) in [5, 5.41) is 7.71. The molecule has 202 valence electrons. The maximum atomic E-state index is 13.6. The van der Waals surface area contributed by atoms with Crippen LogP contribution < -0.4 is 4.72 Å². The first-order chi connectivity index (χ1) is 17.7. The minimum absolute atomic E-state index is 0.00808. The van der Waals surface area contributed by atoms with Crippen LogP contribution in [-0.2, 0) is 24.2 Å². The van der Waals surface area contributed by atoms with Crippen molar-refractivity contribution in [3.63, 3.8) is 0 Å². The van der Waals surface area contributed by atoms with Crippen molar-refractivity contribution in [2.75, 3.05) is 38.8 Å². The third-order valence-electron chi connectivity index (χ3n) is 5.46. The van der Waals surface area contributed by atoms with Gasteiger partial charge in [0.05, 0.1) is 24.3 Å². The van der Waals surface area contributed by atoms with E-state index in [1.54, 1.807) is 31.2 Å². The Morgan fingerprint density at radius 2 is 1.76 bits per heavy atom. The van der Waals surface area contributed by atoms with Crippen LogP contribution in [0.25, 0.3) is 11.4 Å². The van der Waals surface area contributed by atoms with Crippen molar-refractivity contribution < 1.29 is 22.6 Å². The van der Waals surface area contributed by atoms with E-state index in [2.05, 4.69) is 29.9 Å². The lowest BCUT2D eigenvalue weighted by atomic mass is 10.2. The summed E-state index contributed by atoms with van der Waals surface area (Å²) in [7, 11) is -0.972. The topological polar surface area (TPSA) is 143 Å². The van der Waals surface area contributed by atoms with E-state index in [9.17, 15) is 8.42 Å². The second kappa shape index (κ2) is 13.2. The average Bonchev–Trinajstić information content (AvgIpc) is 3.27. The summed E-state index contributed by atoms with van der Waals surface area (Å²) in [6, 6.07) is 1.46. The molecule has 0 saturated heterocycles. The summed E-state index contributed by atoms with van der Waals surface area (Å²) in [6.07, 6.45) is 5.89. The third kappa shape index (κ3) is 7.20. The first kappa shape index (κ1) is 28.9. The van der Waals surface area contributed by atoms with E-state index in [4.69, 9.17) is 25.8 Å². The van der Waals surface area contributed by atoms with Crippen molar-refractivity contribution in [2.45, 2.75) is 44.6 Å². The van der Waals surface area contributed by atoms with Gasteiger partial charge in [0.15, 0.2) is 11.6 Å². The molecule has 0 saturated carbocycles. The van der Waals surface area contributed by atoms with Crippen molar-refractivity contribution in [2.24, 2.45) is 0 Å². The predicted molar refractivity (Wildman–Crippen MR) is 139 cm³/mol. The Kier molecular flexibility index (Phi) is 10.3. The van der Waals surface area contributed by atoms with Gasteiger partial charge in [0.25, 0.3) is 0 Å². The quantitative estimate of drug-likeness (QED) is 0.316. The third-order valence-corrected chi connectivity index (χ3v) is 7.35. The zero-order chi connectivity index (χ0) is 27.0. The molecule has 3 heterocycles. The van der Waals surface area contributed by atoms with Crippen LogP contribution in [-0.4, -0.2) is 77.4 Å². The van der Waals surface area contributed by atoms with E-state index < -0.39 is 27.4 Å². The van der Waals surface area contributed by atoms with E-state index in [1.165, 1.54) is 19.3 Å². The van der Waals surface area contributed by atoms with Gasteiger partial charge in [-0.2, -0.15) is 0 Å². The number of halogens is 1. The zero-order valence-corrected chi connectivity index (χ0v) is 23.0. The molecule has 3 rings (SSSR count). The van der Waals surface area contributed by atoms with Gasteiger partial charge >= 0.3 is 0 Å². The highest BCUT2D eigenvalue weighted by Crippen LogP contribution is 2.29. The number of hydrogen-bond donors (Lipinski definition) is 1. The summed E-state index contributed by atoms with van der Waals surface area (Å²) in [5.74, 6) is 0.634. The lowest BCUT2D eigenvalue weighted by Crippen LogP contribution is -2.35. The molecule has 0 aliphatic heterocycles. The van der Waals surface area contributed by atoms with Gasteiger partial charge in [0.1, 0.15) is 11.4 Å². The van der Waals surface area contributed by atoms with Crippen LogP contribution in [0.2, 0.25) is 5.02 Å². The van der Waals surface area contributed by atoms with Gasteiger partial charge in [0.2, 0.25) is 16.0 Å². The molecule has 12 nitrogen and oxygen atoms in total. The number of methoxy groups -OCH3 is 2. The molecule has 1 N–H and O–H groups in total. The Balaban J connectivity index is 2.02. The SMILES string of the molecule is CCCO[C@@H](c1ncc(Cl)cn1)[C@H](C)S(=O)(=O)Nc1nnc(-c2cncc(C)c2)n1C(COC)COC. The van der Waals surface area contributed by atoms with E-state index in [1.807, 2.05) is 19.9 Å². The smallest absolute Gasteiger partial charge is 0.240 e. The fourth-order valence-electron chi connectivity index (χ4n) is 3.68. The number of aromatic nitrogens is 6. The zero-order valence-electron chi connectivity index (χ0n) is 21.5. The molecule has 0 fully saturated rings. The Bertz CT molecular complexity index is 1250. The highest BCUT2D eigenvalue weighted by molar-refractivity contribution is 7.93. The van der Waals surface area contributed by atoms with Crippen molar-refractivity contribution in [1.29, 1.82) is 0 Å². The second-order valence-electron chi connectivity index (χ2n) is 8.44. The number of hydrogen-bond acceptors (Lipinski definition) is 10. The van der Waals surface area contributed by atoms with Crippen LogP contribution in [0, 0.1) is 6.92 Å². The number of aryl methyl sites for hydroxylation is 1. The summed E-state index contributed by atoms with van der Waals surface area (Å²) < 4.78 is 48.1. The van der Waals surface area contributed by atoms with Gasteiger partial charge in [-0.3, -0.25) is 14.3 Å².